The van der Waals surface area contributed by atoms with Crippen LogP contribution >= 0.6 is 11.8 Å². The third-order valence-corrected chi connectivity index (χ3v) is 3.36. The average molecular weight is 213 g/mol. The molecule has 0 unspecified atom stereocenters. The SMILES string of the molecule is CSc1ccc(C2(O)CCC2)c(F)n1. The van der Waals surface area contributed by atoms with Gasteiger partial charge >= 0.3 is 0 Å². The van der Waals surface area contributed by atoms with E-state index in [-0.39, 0.29) is 0 Å². The lowest BCUT2D eigenvalue weighted by Crippen LogP contribution is -2.34. The normalized spacial score (nSPS) is 19.1. The molecule has 1 aromatic heterocycles. The Balaban J connectivity index is 2.35. The van der Waals surface area contributed by atoms with Gasteiger partial charge in [-0.3, -0.25) is 0 Å². The quantitative estimate of drug-likeness (QED) is 0.604. The van der Waals surface area contributed by atoms with Crippen molar-refractivity contribution in [2.75, 3.05) is 6.26 Å². The average Bonchev–Trinajstić information content (AvgIpc) is 2.14. The second-order valence-electron chi connectivity index (χ2n) is 3.58. The molecule has 0 aliphatic heterocycles. The monoisotopic (exact) mass is 213 g/mol. The smallest absolute Gasteiger partial charge is 0.220 e. The lowest BCUT2D eigenvalue weighted by atomic mass is 9.75. The first-order valence-corrected chi connectivity index (χ1v) is 5.81. The summed E-state index contributed by atoms with van der Waals surface area (Å²) in [6, 6.07) is 3.40. The summed E-state index contributed by atoms with van der Waals surface area (Å²) in [7, 11) is 0. The van der Waals surface area contributed by atoms with Crippen molar-refractivity contribution in [2.45, 2.75) is 29.9 Å². The second kappa shape index (κ2) is 3.51. The van der Waals surface area contributed by atoms with Gasteiger partial charge in [-0.25, -0.2) is 4.98 Å². The van der Waals surface area contributed by atoms with Crippen molar-refractivity contribution >= 4 is 11.8 Å². The molecule has 14 heavy (non-hydrogen) atoms. The third kappa shape index (κ3) is 1.53. The zero-order valence-electron chi connectivity index (χ0n) is 7.96. The summed E-state index contributed by atoms with van der Waals surface area (Å²) in [6.45, 7) is 0. The highest BCUT2D eigenvalue weighted by atomic mass is 32.2. The highest BCUT2D eigenvalue weighted by molar-refractivity contribution is 7.98. The molecule has 2 rings (SSSR count). The molecule has 1 aliphatic carbocycles. The van der Waals surface area contributed by atoms with Crippen molar-refractivity contribution in [3.8, 4) is 0 Å². The first kappa shape index (κ1) is 9.93. The minimum atomic E-state index is -0.950. The molecule has 0 amide bonds. The van der Waals surface area contributed by atoms with E-state index >= 15 is 0 Å². The van der Waals surface area contributed by atoms with Crippen LogP contribution in [-0.4, -0.2) is 16.3 Å². The fourth-order valence-electron chi connectivity index (χ4n) is 1.66. The summed E-state index contributed by atoms with van der Waals surface area (Å²) in [6.07, 6.45) is 4.09. The number of thioether (sulfide) groups is 1. The van der Waals surface area contributed by atoms with Gasteiger partial charge in [-0.1, -0.05) is 0 Å². The molecule has 4 heteroatoms. The van der Waals surface area contributed by atoms with E-state index in [0.29, 0.717) is 23.4 Å². The van der Waals surface area contributed by atoms with E-state index in [9.17, 15) is 9.50 Å². The molecule has 1 saturated carbocycles. The number of hydrogen-bond donors (Lipinski definition) is 1. The number of aliphatic hydroxyl groups is 1. The summed E-state index contributed by atoms with van der Waals surface area (Å²) in [4.78, 5) is 3.78. The Labute approximate surface area is 86.6 Å². The van der Waals surface area contributed by atoms with Crippen LogP contribution in [0, 0.1) is 5.95 Å². The molecule has 0 radical (unpaired) electrons. The van der Waals surface area contributed by atoms with Gasteiger partial charge in [0.1, 0.15) is 0 Å². The molecule has 1 aliphatic rings. The minimum Gasteiger partial charge on any atom is -0.385 e. The highest BCUT2D eigenvalue weighted by Crippen LogP contribution is 2.41. The van der Waals surface area contributed by atoms with E-state index in [1.54, 1.807) is 12.1 Å². The maximum Gasteiger partial charge on any atom is 0.220 e. The van der Waals surface area contributed by atoms with Gasteiger partial charge in [0.05, 0.1) is 10.6 Å². The van der Waals surface area contributed by atoms with E-state index in [4.69, 9.17) is 0 Å². The summed E-state index contributed by atoms with van der Waals surface area (Å²) < 4.78 is 13.5. The highest BCUT2D eigenvalue weighted by Gasteiger charge is 2.38. The van der Waals surface area contributed by atoms with Gasteiger partial charge in [-0.2, -0.15) is 4.39 Å². The Hall–Kier alpha value is -0.610. The summed E-state index contributed by atoms with van der Waals surface area (Å²) in [5.74, 6) is -0.529. The molecule has 0 bridgehead atoms. The van der Waals surface area contributed by atoms with Crippen LogP contribution in [0.2, 0.25) is 0 Å². The predicted octanol–water partition coefficient (Wildman–Crippen LogP) is 2.31. The van der Waals surface area contributed by atoms with Crippen LogP contribution in [0.5, 0.6) is 0 Å². The maximum atomic E-state index is 13.5. The van der Waals surface area contributed by atoms with Crippen molar-refractivity contribution in [1.82, 2.24) is 4.98 Å². The third-order valence-electron chi connectivity index (χ3n) is 2.71. The number of halogens is 1. The molecule has 76 valence electrons. The Morgan fingerprint density at radius 1 is 1.50 bits per heavy atom. The summed E-state index contributed by atoms with van der Waals surface area (Å²) in [5, 5.41) is 10.6. The molecule has 0 aromatic carbocycles. The maximum absolute atomic E-state index is 13.5. The number of pyridine rings is 1. The van der Waals surface area contributed by atoms with Crippen LogP contribution in [0.4, 0.5) is 4.39 Å². The molecule has 1 heterocycles. The van der Waals surface area contributed by atoms with Crippen LogP contribution in [-0.2, 0) is 5.60 Å². The number of aromatic nitrogens is 1. The summed E-state index contributed by atoms with van der Waals surface area (Å²) in [5.41, 5.74) is -0.602. The predicted molar refractivity (Wildman–Crippen MR) is 53.7 cm³/mol. The molecular weight excluding hydrogens is 201 g/mol. The Morgan fingerprint density at radius 2 is 2.21 bits per heavy atom. The number of rotatable bonds is 2. The van der Waals surface area contributed by atoms with E-state index < -0.39 is 11.5 Å². The lowest BCUT2D eigenvalue weighted by molar-refractivity contribution is -0.0423. The van der Waals surface area contributed by atoms with Gasteiger partial charge in [0.15, 0.2) is 0 Å². The van der Waals surface area contributed by atoms with Crippen molar-refractivity contribution in [3.63, 3.8) is 0 Å². The van der Waals surface area contributed by atoms with Crippen molar-refractivity contribution in [2.24, 2.45) is 0 Å². The fraction of sp³-hybridized carbons (Fsp3) is 0.500. The van der Waals surface area contributed by atoms with Crippen LogP contribution in [0.25, 0.3) is 0 Å². The topological polar surface area (TPSA) is 33.1 Å². The first-order valence-electron chi connectivity index (χ1n) is 4.59. The Kier molecular flexibility index (Phi) is 2.49. The van der Waals surface area contributed by atoms with Crippen molar-refractivity contribution < 1.29 is 9.50 Å². The zero-order chi connectivity index (χ0) is 10.2. The molecule has 1 N–H and O–H groups in total. The van der Waals surface area contributed by atoms with E-state index in [2.05, 4.69) is 4.98 Å². The zero-order valence-corrected chi connectivity index (χ0v) is 8.77. The molecule has 1 fully saturated rings. The minimum absolute atomic E-state index is 0.349. The van der Waals surface area contributed by atoms with Crippen LogP contribution in [0.1, 0.15) is 24.8 Å². The lowest BCUT2D eigenvalue weighted by Gasteiger charge is -2.36. The summed E-state index contributed by atoms with van der Waals surface area (Å²) >= 11 is 1.40. The van der Waals surface area contributed by atoms with Gasteiger partial charge < -0.3 is 5.11 Å². The molecule has 2 nitrogen and oxygen atoms in total. The van der Waals surface area contributed by atoms with Gasteiger partial charge in [-0.15, -0.1) is 11.8 Å². The second-order valence-corrected chi connectivity index (χ2v) is 4.40. The van der Waals surface area contributed by atoms with Crippen LogP contribution < -0.4 is 0 Å². The Morgan fingerprint density at radius 3 is 2.64 bits per heavy atom. The number of hydrogen-bond acceptors (Lipinski definition) is 3. The molecule has 0 spiro atoms. The number of nitrogens with zero attached hydrogens (tertiary/aromatic N) is 1. The standard InChI is InChI=1S/C10H12FNOS/c1-14-8-4-3-7(9(11)12-8)10(13)5-2-6-10/h3-4,13H,2,5-6H2,1H3. The van der Waals surface area contributed by atoms with Crippen LogP contribution in [0.15, 0.2) is 17.2 Å². The van der Waals surface area contributed by atoms with Gasteiger partial charge in [-0.05, 0) is 37.7 Å². The van der Waals surface area contributed by atoms with Gasteiger partial charge in [0.25, 0.3) is 0 Å². The largest absolute Gasteiger partial charge is 0.385 e. The van der Waals surface area contributed by atoms with E-state index in [1.807, 2.05) is 6.26 Å². The fourth-order valence-corrected chi connectivity index (χ4v) is 2.03. The van der Waals surface area contributed by atoms with E-state index in [1.165, 1.54) is 11.8 Å². The molecule has 0 saturated heterocycles. The van der Waals surface area contributed by atoms with E-state index in [0.717, 1.165) is 6.42 Å². The molecule has 0 atom stereocenters. The molecule has 1 aromatic rings. The van der Waals surface area contributed by atoms with Crippen LogP contribution in [0.3, 0.4) is 0 Å². The molecular formula is C10H12FNOS. The first-order chi connectivity index (χ1) is 6.65. The van der Waals surface area contributed by atoms with Crippen molar-refractivity contribution in [1.29, 1.82) is 0 Å². The Bertz CT molecular complexity index is 352. The van der Waals surface area contributed by atoms with Crippen molar-refractivity contribution in [3.05, 3.63) is 23.6 Å². The van der Waals surface area contributed by atoms with Gasteiger partial charge in [0, 0.05) is 5.56 Å². The van der Waals surface area contributed by atoms with Gasteiger partial charge in [0.2, 0.25) is 5.95 Å².